The van der Waals surface area contributed by atoms with Gasteiger partial charge in [0.2, 0.25) is 0 Å². The number of aryl methyl sites for hydroxylation is 2. The van der Waals surface area contributed by atoms with Crippen molar-refractivity contribution in [2.75, 3.05) is 0 Å². The van der Waals surface area contributed by atoms with Gasteiger partial charge in [0.25, 0.3) is 0 Å². The van der Waals surface area contributed by atoms with Gasteiger partial charge in [-0.1, -0.05) is 29.8 Å². The third-order valence-electron chi connectivity index (χ3n) is 4.15. The lowest BCUT2D eigenvalue weighted by molar-refractivity contribution is 0.576. The molecule has 1 unspecified atom stereocenters. The lowest BCUT2D eigenvalue weighted by Gasteiger charge is -2.20. The molecule has 0 saturated heterocycles. The molecule has 1 aliphatic carbocycles. The fourth-order valence-electron chi connectivity index (χ4n) is 2.87. The second-order valence-electron chi connectivity index (χ2n) is 5.67. The number of hydrogen-bond acceptors (Lipinski definition) is 2. The number of fused-ring (bicyclic) bond motifs is 1. The smallest absolute Gasteiger partial charge is 0.107 e. The minimum Gasteiger partial charge on any atom is -0.305 e. The molecule has 0 aliphatic heterocycles. The van der Waals surface area contributed by atoms with E-state index in [1.54, 1.807) is 22.5 Å². The van der Waals surface area contributed by atoms with E-state index in [4.69, 9.17) is 11.6 Å². The van der Waals surface area contributed by atoms with Gasteiger partial charge in [-0.05, 0) is 71.3 Å². The summed E-state index contributed by atoms with van der Waals surface area (Å²) < 4.78 is 1.82. The van der Waals surface area contributed by atoms with Crippen LogP contribution in [0.1, 0.15) is 47.4 Å². The summed E-state index contributed by atoms with van der Waals surface area (Å²) >= 11 is 11.2. The summed E-state index contributed by atoms with van der Waals surface area (Å²) in [6, 6.07) is 9.44. The molecule has 0 spiro atoms. The van der Waals surface area contributed by atoms with E-state index in [-0.39, 0.29) is 0 Å². The standard InChI is InChI=1S/C17H19BrClNS/c1-11(20-10-15-9-16(18)17(19)21-15)13-7-6-12-4-2-3-5-14(12)8-13/h6-9,11,20H,2-5,10H2,1H3. The highest BCUT2D eigenvalue weighted by atomic mass is 79.9. The highest BCUT2D eigenvalue weighted by Crippen LogP contribution is 2.32. The summed E-state index contributed by atoms with van der Waals surface area (Å²) in [5, 5.41) is 3.59. The molecule has 1 aliphatic rings. The molecular formula is C17H19BrClNS. The quantitative estimate of drug-likeness (QED) is 0.692. The van der Waals surface area contributed by atoms with Gasteiger partial charge in [0.1, 0.15) is 4.34 Å². The van der Waals surface area contributed by atoms with Crippen LogP contribution in [0.5, 0.6) is 0 Å². The average molecular weight is 385 g/mol. The Labute approximate surface area is 143 Å². The molecule has 0 bridgehead atoms. The summed E-state index contributed by atoms with van der Waals surface area (Å²) in [5.74, 6) is 0. The Morgan fingerprint density at radius 3 is 2.71 bits per heavy atom. The maximum Gasteiger partial charge on any atom is 0.107 e. The minimum atomic E-state index is 0.358. The van der Waals surface area contributed by atoms with Crippen LogP contribution in [0.4, 0.5) is 0 Å². The molecule has 1 nitrogen and oxygen atoms in total. The van der Waals surface area contributed by atoms with Crippen LogP contribution in [-0.2, 0) is 19.4 Å². The summed E-state index contributed by atoms with van der Waals surface area (Å²) in [6.45, 7) is 3.09. The topological polar surface area (TPSA) is 12.0 Å². The fraction of sp³-hybridized carbons (Fsp3) is 0.412. The minimum absolute atomic E-state index is 0.358. The summed E-state index contributed by atoms with van der Waals surface area (Å²) in [5.41, 5.74) is 4.48. The highest BCUT2D eigenvalue weighted by Gasteiger charge is 2.13. The molecule has 1 heterocycles. The van der Waals surface area contributed by atoms with Crippen LogP contribution in [0.15, 0.2) is 28.7 Å². The van der Waals surface area contributed by atoms with Gasteiger partial charge in [0, 0.05) is 21.9 Å². The second kappa shape index (κ2) is 6.82. The molecule has 112 valence electrons. The Hall–Kier alpha value is -0.350. The van der Waals surface area contributed by atoms with E-state index in [0.717, 1.165) is 15.4 Å². The van der Waals surface area contributed by atoms with Gasteiger partial charge in [-0.25, -0.2) is 0 Å². The number of nitrogens with one attached hydrogen (secondary N) is 1. The van der Waals surface area contributed by atoms with Gasteiger partial charge in [0.15, 0.2) is 0 Å². The first kappa shape index (κ1) is 15.5. The van der Waals surface area contributed by atoms with Gasteiger partial charge < -0.3 is 5.32 Å². The summed E-state index contributed by atoms with van der Waals surface area (Å²) in [6.07, 6.45) is 5.16. The predicted octanol–water partition coefficient (Wildman–Crippen LogP) is 5.89. The van der Waals surface area contributed by atoms with Crippen molar-refractivity contribution in [3.8, 4) is 0 Å². The summed E-state index contributed by atoms with van der Waals surface area (Å²) in [7, 11) is 0. The zero-order chi connectivity index (χ0) is 14.8. The first-order valence-corrected chi connectivity index (χ1v) is 9.41. The Morgan fingerprint density at radius 1 is 1.24 bits per heavy atom. The highest BCUT2D eigenvalue weighted by molar-refractivity contribution is 9.10. The molecule has 1 N–H and O–H groups in total. The molecule has 0 radical (unpaired) electrons. The van der Waals surface area contributed by atoms with Crippen LogP contribution in [-0.4, -0.2) is 0 Å². The predicted molar refractivity (Wildman–Crippen MR) is 95.4 cm³/mol. The van der Waals surface area contributed by atoms with Crippen LogP contribution in [0.3, 0.4) is 0 Å². The van der Waals surface area contributed by atoms with Crippen molar-refractivity contribution in [1.29, 1.82) is 0 Å². The lowest BCUT2D eigenvalue weighted by Crippen LogP contribution is -2.18. The first-order valence-electron chi connectivity index (χ1n) is 7.42. The van der Waals surface area contributed by atoms with E-state index >= 15 is 0 Å². The largest absolute Gasteiger partial charge is 0.305 e. The molecular weight excluding hydrogens is 366 g/mol. The molecule has 2 aromatic rings. The third-order valence-corrected chi connectivity index (χ3v) is 6.63. The van der Waals surface area contributed by atoms with Crippen molar-refractivity contribution in [2.45, 2.75) is 45.2 Å². The Morgan fingerprint density at radius 2 is 2.00 bits per heavy atom. The maximum absolute atomic E-state index is 6.08. The van der Waals surface area contributed by atoms with Crippen molar-refractivity contribution >= 4 is 38.9 Å². The Balaban J connectivity index is 1.66. The van der Waals surface area contributed by atoms with E-state index in [1.807, 2.05) is 0 Å². The van der Waals surface area contributed by atoms with Crippen LogP contribution in [0, 0.1) is 0 Å². The van der Waals surface area contributed by atoms with Gasteiger partial charge in [-0.2, -0.15) is 0 Å². The number of rotatable bonds is 4. The van der Waals surface area contributed by atoms with Gasteiger partial charge in [0.05, 0.1) is 0 Å². The van der Waals surface area contributed by atoms with E-state index < -0.39 is 0 Å². The van der Waals surface area contributed by atoms with E-state index in [9.17, 15) is 0 Å². The van der Waals surface area contributed by atoms with Crippen LogP contribution >= 0.6 is 38.9 Å². The van der Waals surface area contributed by atoms with E-state index in [2.05, 4.69) is 52.4 Å². The number of halogens is 2. The molecule has 0 saturated carbocycles. The average Bonchev–Trinajstić information content (AvgIpc) is 2.83. The van der Waals surface area contributed by atoms with Gasteiger partial charge in [-0.15, -0.1) is 11.3 Å². The number of thiophene rings is 1. The van der Waals surface area contributed by atoms with Crippen molar-refractivity contribution in [2.24, 2.45) is 0 Å². The number of hydrogen-bond donors (Lipinski definition) is 1. The van der Waals surface area contributed by atoms with Crippen LogP contribution < -0.4 is 5.32 Å². The van der Waals surface area contributed by atoms with Crippen LogP contribution in [0.2, 0.25) is 4.34 Å². The molecule has 1 aromatic heterocycles. The van der Waals surface area contributed by atoms with Gasteiger partial charge >= 0.3 is 0 Å². The molecule has 4 heteroatoms. The van der Waals surface area contributed by atoms with E-state index in [0.29, 0.717) is 6.04 Å². The fourth-order valence-corrected chi connectivity index (χ4v) is 4.61. The van der Waals surface area contributed by atoms with Crippen LogP contribution in [0.25, 0.3) is 0 Å². The lowest BCUT2D eigenvalue weighted by atomic mass is 9.89. The van der Waals surface area contributed by atoms with Crippen molar-refractivity contribution < 1.29 is 0 Å². The van der Waals surface area contributed by atoms with Gasteiger partial charge in [-0.3, -0.25) is 0 Å². The molecule has 3 rings (SSSR count). The second-order valence-corrected chi connectivity index (χ2v) is 8.27. The molecule has 0 fully saturated rings. The molecule has 0 amide bonds. The Bertz CT molecular complexity index is 618. The molecule has 1 atom stereocenters. The molecule has 1 aromatic carbocycles. The van der Waals surface area contributed by atoms with Crippen molar-refractivity contribution in [3.05, 3.63) is 54.6 Å². The van der Waals surface area contributed by atoms with E-state index in [1.165, 1.54) is 36.1 Å². The SMILES string of the molecule is CC(NCc1cc(Br)c(Cl)s1)c1ccc2c(c1)CCCC2. The monoisotopic (exact) mass is 383 g/mol. The maximum atomic E-state index is 6.08. The Kier molecular flexibility index (Phi) is 5.05. The first-order chi connectivity index (χ1) is 10.1. The van der Waals surface area contributed by atoms with Crippen molar-refractivity contribution in [1.82, 2.24) is 5.32 Å². The third kappa shape index (κ3) is 3.70. The summed E-state index contributed by atoms with van der Waals surface area (Å²) in [4.78, 5) is 1.26. The zero-order valence-electron chi connectivity index (χ0n) is 12.1. The zero-order valence-corrected chi connectivity index (χ0v) is 15.2. The van der Waals surface area contributed by atoms with Crippen molar-refractivity contribution in [3.63, 3.8) is 0 Å². The normalized spacial score (nSPS) is 15.8. The number of benzene rings is 1. The molecule has 21 heavy (non-hydrogen) atoms.